The first-order valence-electron chi connectivity index (χ1n) is 12.0. The summed E-state index contributed by atoms with van der Waals surface area (Å²) >= 11 is 0. The number of carbonyl (C=O) groups excluding carboxylic acids is 2. The molecular weight excluding hydrogens is 436 g/mol. The summed E-state index contributed by atoms with van der Waals surface area (Å²) in [5, 5.41) is 3.23. The van der Waals surface area contributed by atoms with Crippen LogP contribution in [0.4, 0.5) is 5.69 Å². The summed E-state index contributed by atoms with van der Waals surface area (Å²) in [6, 6.07) is 21.6. The van der Waals surface area contributed by atoms with Gasteiger partial charge in [0.25, 0.3) is 11.8 Å². The zero-order chi connectivity index (χ0) is 25.1. The molecule has 0 radical (unpaired) electrons. The Labute approximate surface area is 207 Å². The molecule has 35 heavy (non-hydrogen) atoms. The molecule has 0 bridgehead atoms. The van der Waals surface area contributed by atoms with Crippen LogP contribution in [0.15, 0.2) is 72.4 Å². The molecule has 3 aromatic carbocycles. The molecule has 0 saturated carbocycles. The highest BCUT2D eigenvalue weighted by Gasteiger charge is 2.39. The van der Waals surface area contributed by atoms with Crippen molar-refractivity contribution in [3.8, 4) is 5.75 Å². The lowest BCUT2D eigenvalue weighted by atomic mass is 10.0. The summed E-state index contributed by atoms with van der Waals surface area (Å²) in [4.78, 5) is 28.1. The maximum atomic E-state index is 13.4. The minimum atomic E-state index is -0.345. The molecule has 0 fully saturated rings. The number of nitrogens with zero attached hydrogens (tertiary/aromatic N) is 1. The van der Waals surface area contributed by atoms with Crippen LogP contribution in [0.5, 0.6) is 5.75 Å². The van der Waals surface area contributed by atoms with Crippen LogP contribution < -0.4 is 10.1 Å². The van der Waals surface area contributed by atoms with E-state index in [1.165, 1.54) is 10.5 Å². The second-order valence-corrected chi connectivity index (χ2v) is 9.45. The molecule has 0 spiro atoms. The highest BCUT2D eigenvalue weighted by atomic mass is 16.5. The molecule has 0 unspecified atom stereocenters. The van der Waals surface area contributed by atoms with Crippen molar-refractivity contribution < 1.29 is 14.3 Å². The normalized spacial score (nSPS) is 13.7. The third-order valence-corrected chi connectivity index (χ3v) is 6.13. The summed E-state index contributed by atoms with van der Waals surface area (Å²) in [5.41, 5.74) is 6.66. The standard InChI is InChI=1S/C30H32N2O3/c1-19(2)23-10-12-25(13-11-23)31-28-27(24-8-6-20(3)7-9-24)29(33)32(30(28)34)14-15-35-26-17-21(4)16-22(5)18-26/h6-13,16-19,31H,14-15H2,1-5H3. The van der Waals surface area contributed by atoms with E-state index in [2.05, 4.69) is 25.2 Å². The predicted octanol–water partition coefficient (Wildman–Crippen LogP) is 6.01. The average molecular weight is 469 g/mol. The quantitative estimate of drug-likeness (QED) is 0.412. The molecule has 5 heteroatoms. The second kappa shape index (κ2) is 10.2. The van der Waals surface area contributed by atoms with E-state index in [0.717, 1.165) is 28.1 Å². The highest BCUT2D eigenvalue weighted by molar-refractivity contribution is 6.36. The van der Waals surface area contributed by atoms with Crippen LogP contribution in [0.25, 0.3) is 5.57 Å². The Morgan fingerprint density at radius 3 is 2.03 bits per heavy atom. The largest absolute Gasteiger partial charge is 0.492 e. The van der Waals surface area contributed by atoms with Crippen LogP contribution in [0.3, 0.4) is 0 Å². The van der Waals surface area contributed by atoms with E-state index in [0.29, 0.717) is 22.8 Å². The van der Waals surface area contributed by atoms with Gasteiger partial charge in [0.15, 0.2) is 0 Å². The average Bonchev–Trinajstić information content (AvgIpc) is 3.03. The van der Waals surface area contributed by atoms with Crippen molar-refractivity contribution in [1.82, 2.24) is 4.90 Å². The third-order valence-electron chi connectivity index (χ3n) is 6.13. The number of anilines is 1. The fraction of sp³-hybridized carbons (Fsp3) is 0.267. The fourth-order valence-corrected chi connectivity index (χ4v) is 4.25. The first kappa shape index (κ1) is 24.3. The molecule has 0 atom stereocenters. The molecule has 2 amide bonds. The summed E-state index contributed by atoms with van der Waals surface area (Å²) < 4.78 is 5.89. The minimum Gasteiger partial charge on any atom is -0.492 e. The number of rotatable bonds is 8. The zero-order valence-electron chi connectivity index (χ0n) is 21.0. The van der Waals surface area contributed by atoms with Crippen molar-refractivity contribution in [3.05, 3.63) is 100 Å². The topological polar surface area (TPSA) is 58.6 Å². The number of carbonyl (C=O) groups is 2. The van der Waals surface area contributed by atoms with Gasteiger partial charge in [-0.25, -0.2) is 0 Å². The smallest absolute Gasteiger partial charge is 0.278 e. The van der Waals surface area contributed by atoms with E-state index in [1.54, 1.807) is 0 Å². The van der Waals surface area contributed by atoms with Crippen LogP contribution >= 0.6 is 0 Å². The molecule has 1 N–H and O–H groups in total. The van der Waals surface area contributed by atoms with Crippen molar-refractivity contribution in [2.75, 3.05) is 18.5 Å². The van der Waals surface area contributed by atoms with Gasteiger partial charge >= 0.3 is 0 Å². The Bertz CT molecular complexity index is 1250. The number of amides is 2. The van der Waals surface area contributed by atoms with Gasteiger partial charge in [0.05, 0.1) is 12.1 Å². The number of ether oxygens (including phenoxy) is 1. The first-order valence-corrected chi connectivity index (χ1v) is 12.0. The van der Waals surface area contributed by atoms with Gasteiger partial charge in [0.1, 0.15) is 18.1 Å². The summed E-state index contributed by atoms with van der Waals surface area (Å²) in [6.45, 7) is 10.7. The van der Waals surface area contributed by atoms with Crippen molar-refractivity contribution in [2.24, 2.45) is 0 Å². The number of hydrogen-bond donors (Lipinski definition) is 1. The van der Waals surface area contributed by atoms with E-state index in [4.69, 9.17) is 4.74 Å². The molecule has 5 nitrogen and oxygen atoms in total. The minimum absolute atomic E-state index is 0.164. The zero-order valence-corrected chi connectivity index (χ0v) is 21.0. The molecule has 3 aromatic rings. The van der Waals surface area contributed by atoms with Crippen LogP contribution in [-0.2, 0) is 9.59 Å². The highest BCUT2D eigenvalue weighted by Crippen LogP contribution is 2.31. The first-order chi connectivity index (χ1) is 16.7. The van der Waals surface area contributed by atoms with Gasteiger partial charge in [-0.05, 0) is 73.2 Å². The fourth-order valence-electron chi connectivity index (χ4n) is 4.25. The van der Waals surface area contributed by atoms with E-state index in [9.17, 15) is 9.59 Å². The van der Waals surface area contributed by atoms with Crippen molar-refractivity contribution >= 4 is 23.1 Å². The molecule has 1 heterocycles. The van der Waals surface area contributed by atoms with E-state index >= 15 is 0 Å². The predicted molar refractivity (Wildman–Crippen MR) is 140 cm³/mol. The molecular formula is C30H32N2O3. The molecule has 4 rings (SSSR count). The summed E-state index contributed by atoms with van der Waals surface area (Å²) in [5.74, 6) is 0.484. The Kier molecular flexibility index (Phi) is 7.06. The third kappa shape index (κ3) is 5.46. The SMILES string of the molecule is Cc1ccc(C2=C(Nc3ccc(C(C)C)cc3)C(=O)N(CCOc3cc(C)cc(C)c3)C2=O)cc1. The summed E-state index contributed by atoms with van der Waals surface area (Å²) in [6.07, 6.45) is 0. The van der Waals surface area contributed by atoms with Crippen LogP contribution in [0, 0.1) is 20.8 Å². The Hall–Kier alpha value is -3.86. The van der Waals surface area contributed by atoms with Gasteiger partial charge in [0.2, 0.25) is 0 Å². The van der Waals surface area contributed by atoms with Gasteiger partial charge in [-0.15, -0.1) is 0 Å². The maximum absolute atomic E-state index is 13.4. The van der Waals surface area contributed by atoms with Crippen LogP contribution in [0.2, 0.25) is 0 Å². The molecule has 0 aromatic heterocycles. The van der Waals surface area contributed by atoms with Crippen molar-refractivity contribution in [2.45, 2.75) is 40.5 Å². The number of aryl methyl sites for hydroxylation is 3. The maximum Gasteiger partial charge on any atom is 0.278 e. The molecule has 1 aliphatic heterocycles. The van der Waals surface area contributed by atoms with Crippen LogP contribution in [-0.4, -0.2) is 29.9 Å². The van der Waals surface area contributed by atoms with Gasteiger partial charge in [-0.3, -0.25) is 14.5 Å². The Balaban J connectivity index is 1.58. The van der Waals surface area contributed by atoms with Gasteiger partial charge in [0, 0.05) is 5.69 Å². The Morgan fingerprint density at radius 1 is 0.800 bits per heavy atom. The van der Waals surface area contributed by atoms with Gasteiger partial charge < -0.3 is 10.1 Å². The molecule has 0 saturated heterocycles. The summed E-state index contributed by atoms with van der Waals surface area (Å²) in [7, 11) is 0. The Morgan fingerprint density at radius 2 is 1.43 bits per heavy atom. The van der Waals surface area contributed by atoms with Gasteiger partial charge in [-0.1, -0.05) is 61.9 Å². The van der Waals surface area contributed by atoms with Crippen LogP contribution in [0.1, 0.15) is 47.6 Å². The molecule has 0 aliphatic carbocycles. The number of benzene rings is 3. The number of hydrogen-bond acceptors (Lipinski definition) is 4. The monoisotopic (exact) mass is 468 g/mol. The van der Waals surface area contributed by atoms with Crippen molar-refractivity contribution in [3.63, 3.8) is 0 Å². The number of imide groups is 1. The van der Waals surface area contributed by atoms with Crippen molar-refractivity contribution in [1.29, 1.82) is 0 Å². The lowest BCUT2D eigenvalue weighted by Crippen LogP contribution is -2.36. The molecule has 1 aliphatic rings. The van der Waals surface area contributed by atoms with E-state index in [1.807, 2.05) is 81.4 Å². The number of nitrogens with one attached hydrogen (secondary N) is 1. The second-order valence-electron chi connectivity index (χ2n) is 9.45. The molecule has 180 valence electrons. The lowest BCUT2D eigenvalue weighted by molar-refractivity contribution is -0.137. The van der Waals surface area contributed by atoms with Gasteiger partial charge in [-0.2, -0.15) is 0 Å². The van der Waals surface area contributed by atoms with E-state index < -0.39 is 0 Å². The van der Waals surface area contributed by atoms with E-state index in [-0.39, 0.29) is 25.0 Å². The lowest BCUT2D eigenvalue weighted by Gasteiger charge is -2.16.